The quantitative estimate of drug-likeness (QED) is 0.144. The van der Waals surface area contributed by atoms with E-state index in [1.165, 1.54) is 22.3 Å². The molecule has 0 heterocycles. The summed E-state index contributed by atoms with van der Waals surface area (Å²) < 4.78 is 11.5. The van der Waals surface area contributed by atoms with E-state index in [1.807, 2.05) is 24.3 Å². The number of hydrogen-bond donors (Lipinski definition) is 2. The minimum atomic E-state index is -0.387. The third-order valence-corrected chi connectivity index (χ3v) is 7.67. The van der Waals surface area contributed by atoms with Gasteiger partial charge in [0, 0.05) is 13.1 Å². The van der Waals surface area contributed by atoms with E-state index in [1.54, 1.807) is 0 Å². The maximum Gasteiger partial charge on any atom is 0.412 e. The lowest BCUT2D eigenvalue weighted by molar-refractivity contribution is 0.198. The van der Waals surface area contributed by atoms with Gasteiger partial charge in [0.1, 0.15) is 11.5 Å². The molecule has 6 nitrogen and oxygen atoms in total. The molecule has 0 spiro atoms. The van der Waals surface area contributed by atoms with Crippen LogP contribution in [-0.2, 0) is 25.7 Å². The number of ether oxygens (including phenoxy) is 2. The summed E-state index contributed by atoms with van der Waals surface area (Å²) in [6, 6.07) is 12.1. The fraction of sp³-hybridized carbons (Fsp3) is 0.611. The summed E-state index contributed by atoms with van der Waals surface area (Å²) >= 11 is 0. The van der Waals surface area contributed by atoms with Gasteiger partial charge < -0.3 is 20.1 Å². The second-order valence-corrected chi connectivity index (χ2v) is 11.2. The largest absolute Gasteiger partial charge is 0.412 e. The molecular weight excluding hydrogens is 524 g/mol. The minimum absolute atomic E-state index is 0.387. The molecule has 42 heavy (non-hydrogen) atoms. The first-order chi connectivity index (χ1) is 20.5. The summed E-state index contributed by atoms with van der Waals surface area (Å²) in [5.41, 5.74) is 4.95. The molecule has 2 N–H and O–H groups in total. The maximum absolute atomic E-state index is 12.5. The predicted molar refractivity (Wildman–Crippen MR) is 174 cm³/mol. The number of carbonyl (C=O) groups excluding carboxylic acids is 2. The molecule has 0 unspecified atom stereocenters. The van der Waals surface area contributed by atoms with Crippen LogP contribution in [0.5, 0.6) is 11.5 Å². The normalized spacial score (nSPS) is 10.9. The van der Waals surface area contributed by atoms with Crippen molar-refractivity contribution in [3.8, 4) is 11.5 Å². The molecule has 2 amide bonds. The number of nitrogens with one attached hydrogen (secondary N) is 2. The smallest absolute Gasteiger partial charge is 0.410 e. The van der Waals surface area contributed by atoms with Gasteiger partial charge in [0.15, 0.2) is 0 Å². The van der Waals surface area contributed by atoms with Crippen molar-refractivity contribution < 1.29 is 19.1 Å². The van der Waals surface area contributed by atoms with Gasteiger partial charge in [0.25, 0.3) is 0 Å². The van der Waals surface area contributed by atoms with E-state index in [0.717, 1.165) is 103 Å². The van der Waals surface area contributed by atoms with Crippen molar-refractivity contribution in [3.05, 3.63) is 58.7 Å². The number of hydrogen-bond acceptors (Lipinski definition) is 4. The molecule has 0 fully saturated rings. The summed E-state index contributed by atoms with van der Waals surface area (Å²) in [5.74, 6) is 1.38. The molecule has 0 aliphatic carbocycles. The van der Waals surface area contributed by atoms with Gasteiger partial charge in [-0.15, -0.1) is 0 Å². The van der Waals surface area contributed by atoms with E-state index in [2.05, 4.69) is 50.5 Å². The molecule has 0 aliphatic heterocycles. The van der Waals surface area contributed by atoms with Gasteiger partial charge >= 0.3 is 12.2 Å². The molecule has 0 bridgehead atoms. The number of unbranched alkanes of at least 4 members (excludes halogenated alkanes) is 7. The topological polar surface area (TPSA) is 76.7 Å². The summed E-state index contributed by atoms with van der Waals surface area (Å²) in [6.07, 6.45) is 15.7. The highest BCUT2D eigenvalue weighted by Gasteiger charge is 2.14. The van der Waals surface area contributed by atoms with Crippen LogP contribution in [-0.4, -0.2) is 25.3 Å². The lowest BCUT2D eigenvalue weighted by Crippen LogP contribution is -2.28. The molecule has 0 radical (unpaired) electrons. The Labute approximate surface area is 255 Å². The van der Waals surface area contributed by atoms with Gasteiger partial charge in [0.2, 0.25) is 0 Å². The molecule has 0 atom stereocenters. The van der Waals surface area contributed by atoms with Gasteiger partial charge in [-0.05, 0) is 98.6 Å². The highest BCUT2D eigenvalue weighted by atomic mass is 16.6. The Morgan fingerprint density at radius 1 is 0.524 bits per heavy atom. The lowest BCUT2D eigenvalue weighted by atomic mass is 9.97. The molecule has 2 aromatic rings. The Morgan fingerprint density at radius 2 is 0.905 bits per heavy atom. The number of aryl methyl sites for hydroxylation is 2. The average Bonchev–Trinajstić information content (AvgIpc) is 2.99. The fourth-order valence-corrected chi connectivity index (χ4v) is 5.15. The van der Waals surface area contributed by atoms with Gasteiger partial charge in [-0.25, -0.2) is 9.59 Å². The Balaban J connectivity index is 1.69. The number of amides is 2. The number of carbonyl (C=O) groups is 2. The van der Waals surface area contributed by atoms with Gasteiger partial charge in [0.05, 0.1) is 0 Å². The lowest BCUT2D eigenvalue weighted by Gasteiger charge is -2.15. The summed E-state index contributed by atoms with van der Waals surface area (Å²) in [4.78, 5) is 25.0. The van der Waals surface area contributed by atoms with Crippen molar-refractivity contribution in [2.24, 2.45) is 0 Å². The van der Waals surface area contributed by atoms with Crippen LogP contribution in [0.4, 0.5) is 9.59 Å². The molecule has 0 saturated carbocycles. The van der Waals surface area contributed by atoms with Crippen molar-refractivity contribution in [1.82, 2.24) is 10.6 Å². The second kappa shape index (κ2) is 21.6. The van der Waals surface area contributed by atoms with E-state index in [4.69, 9.17) is 9.47 Å². The van der Waals surface area contributed by atoms with Gasteiger partial charge in [-0.3, -0.25) is 0 Å². The van der Waals surface area contributed by atoms with E-state index >= 15 is 0 Å². The first-order valence-corrected chi connectivity index (χ1v) is 16.7. The third-order valence-electron chi connectivity index (χ3n) is 7.67. The molecule has 2 aromatic carbocycles. The number of benzene rings is 2. The zero-order valence-electron chi connectivity index (χ0n) is 26.8. The van der Waals surface area contributed by atoms with Gasteiger partial charge in [-0.1, -0.05) is 90.5 Å². The van der Waals surface area contributed by atoms with Crippen LogP contribution in [0.25, 0.3) is 0 Å². The maximum atomic E-state index is 12.5. The van der Waals surface area contributed by atoms with E-state index in [-0.39, 0.29) is 12.2 Å². The monoisotopic (exact) mass is 580 g/mol. The molecule has 0 saturated heterocycles. The van der Waals surface area contributed by atoms with Crippen molar-refractivity contribution in [1.29, 1.82) is 0 Å². The second-order valence-electron chi connectivity index (χ2n) is 11.2. The Bertz CT molecular complexity index is 969. The number of rotatable bonds is 21. The minimum Gasteiger partial charge on any atom is -0.410 e. The summed E-state index contributed by atoms with van der Waals surface area (Å²) in [7, 11) is 0. The fourth-order valence-electron chi connectivity index (χ4n) is 5.15. The Hall–Kier alpha value is -3.02. The summed E-state index contributed by atoms with van der Waals surface area (Å²) in [5, 5.41) is 5.80. The molecule has 0 aliphatic rings. The molecule has 0 aromatic heterocycles. The predicted octanol–water partition coefficient (Wildman–Crippen LogP) is 9.49. The van der Waals surface area contributed by atoms with Crippen LogP contribution in [0, 0.1) is 0 Å². The SMILES string of the molecule is CCCCc1cccc(OC(=O)NCCCCCCNC(=O)Oc2cccc(CCCC)c2CCCC)c1CCCC. The summed E-state index contributed by atoms with van der Waals surface area (Å²) in [6.45, 7) is 9.90. The molecule has 234 valence electrons. The highest BCUT2D eigenvalue weighted by Crippen LogP contribution is 2.27. The first kappa shape index (κ1) is 35.2. The first-order valence-electron chi connectivity index (χ1n) is 16.7. The molecular formula is C36H56N2O4. The van der Waals surface area contributed by atoms with Crippen LogP contribution >= 0.6 is 0 Å². The zero-order chi connectivity index (χ0) is 30.4. The van der Waals surface area contributed by atoms with Crippen LogP contribution in [0.1, 0.15) is 127 Å². The van der Waals surface area contributed by atoms with E-state index in [0.29, 0.717) is 24.6 Å². The van der Waals surface area contributed by atoms with Crippen molar-refractivity contribution in [2.75, 3.05) is 13.1 Å². The molecule has 2 rings (SSSR count). The Kier molecular flexibility index (Phi) is 18.1. The zero-order valence-corrected chi connectivity index (χ0v) is 26.8. The van der Waals surface area contributed by atoms with Crippen LogP contribution < -0.4 is 20.1 Å². The standard InChI is InChI=1S/C36H56N2O4/c1-5-9-19-29-21-17-25-33(31(29)23-11-7-3)41-35(39)37-27-15-13-14-16-28-38-36(40)42-34-26-18-22-30(20-10-6-2)32(34)24-12-8-4/h17-18,21-22,25-26H,5-16,19-20,23-24,27-28H2,1-4H3,(H,37,39)(H,38,40). The van der Waals surface area contributed by atoms with E-state index in [9.17, 15) is 9.59 Å². The van der Waals surface area contributed by atoms with Crippen LogP contribution in [0.2, 0.25) is 0 Å². The van der Waals surface area contributed by atoms with Crippen molar-refractivity contribution in [3.63, 3.8) is 0 Å². The van der Waals surface area contributed by atoms with Gasteiger partial charge in [-0.2, -0.15) is 0 Å². The van der Waals surface area contributed by atoms with Crippen LogP contribution in [0.3, 0.4) is 0 Å². The Morgan fingerprint density at radius 3 is 1.29 bits per heavy atom. The van der Waals surface area contributed by atoms with Crippen molar-refractivity contribution in [2.45, 2.75) is 130 Å². The third kappa shape index (κ3) is 13.3. The van der Waals surface area contributed by atoms with Crippen LogP contribution in [0.15, 0.2) is 36.4 Å². The highest BCUT2D eigenvalue weighted by molar-refractivity contribution is 5.71. The average molecular weight is 581 g/mol. The van der Waals surface area contributed by atoms with Crippen molar-refractivity contribution >= 4 is 12.2 Å². The van der Waals surface area contributed by atoms with E-state index < -0.39 is 0 Å². The molecule has 6 heteroatoms.